The van der Waals surface area contributed by atoms with Gasteiger partial charge in [0.05, 0.1) is 11.4 Å². The average molecular weight is 305 g/mol. The fourth-order valence-corrected chi connectivity index (χ4v) is 3.19. The van der Waals surface area contributed by atoms with Gasteiger partial charge < -0.3 is 5.73 Å². The smallest absolute Gasteiger partial charge is 0.281 e. The zero-order valence-corrected chi connectivity index (χ0v) is 13.1. The molecule has 1 aromatic carbocycles. The van der Waals surface area contributed by atoms with Crippen LogP contribution in [0.1, 0.15) is 26.3 Å². The molecule has 112 valence electrons. The molecule has 0 radical (unpaired) electrons. The number of aromatic nitrogens is 1. The number of benzene rings is 1. The van der Waals surface area contributed by atoms with Crippen LogP contribution in [0.2, 0.25) is 0 Å². The van der Waals surface area contributed by atoms with Crippen molar-refractivity contribution in [3.63, 3.8) is 0 Å². The summed E-state index contributed by atoms with van der Waals surface area (Å²) in [4.78, 5) is 3.86. The zero-order chi connectivity index (χ0) is 15.7. The lowest BCUT2D eigenvalue weighted by Crippen LogP contribution is -2.20. The fourth-order valence-electron chi connectivity index (χ4n) is 2.05. The maximum atomic E-state index is 12.4. The van der Waals surface area contributed by atoms with Gasteiger partial charge in [-0.1, -0.05) is 39.0 Å². The van der Waals surface area contributed by atoms with Crippen LogP contribution in [0, 0.1) is 0 Å². The molecule has 1 aromatic heterocycles. The molecule has 0 spiro atoms. The minimum Gasteiger partial charge on any atom is -0.396 e. The first kappa shape index (κ1) is 15.3. The Morgan fingerprint density at radius 2 is 1.76 bits per heavy atom. The molecule has 0 saturated carbocycles. The van der Waals surface area contributed by atoms with Crippen LogP contribution in [0.5, 0.6) is 0 Å². The Labute approximate surface area is 125 Å². The normalized spacial score (nSPS) is 12.1. The minimum atomic E-state index is -3.81. The molecule has 0 amide bonds. The lowest BCUT2D eigenvalue weighted by atomic mass is 9.86. The summed E-state index contributed by atoms with van der Waals surface area (Å²) < 4.78 is 27.5. The van der Waals surface area contributed by atoms with Gasteiger partial charge in [-0.05, 0) is 29.2 Å². The van der Waals surface area contributed by atoms with Crippen molar-refractivity contribution in [1.29, 1.82) is 0 Å². The van der Waals surface area contributed by atoms with Crippen LogP contribution in [-0.4, -0.2) is 13.4 Å². The number of nitrogens with one attached hydrogen (secondary N) is 1. The third-order valence-corrected chi connectivity index (χ3v) is 4.37. The topological polar surface area (TPSA) is 85.1 Å². The molecule has 0 saturated heterocycles. The van der Waals surface area contributed by atoms with Crippen molar-refractivity contribution in [1.82, 2.24) is 4.98 Å². The van der Waals surface area contributed by atoms with Gasteiger partial charge in [-0.25, -0.2) is 4.98 Å². The standard InChI is InChI=1S/C15H19N3O2S/c1-15(2,3)11-7-4-5-9-13(11)18-21(19,20)14-12(16)8-6-10-17-14/h4-10,18H,16H2,1-3H3. The summed E-state index contributed by atoms with van der Waals surface area (Å²) in [5, 5.41) is -0.159. The van der Waals surface area contributed by atoms with Crippen molar-refractivity contribution in [2.75, 3.05) is 10.5 Å². The van der Waals surface area contributed by atoms with E-state index in [4.69, 9.17) is 5.73 Å². The van der Waals surface area contributed by atoms with Crippen LogP contribution in [0.15, 0.2) is 47.6 Å². The molecule has 6 heteroatoms. The predicted octanol–water partition coefficient (Wildman–Crippen LogP) is 2.76. The summed E-state index contributed by atoms with van der Waals surface area (Å²) in [5.41, 5.74) is 7.08. The van der Waals surface area contributed by atoms with Gasteiger partial charge in [-0.15, -0.1) is 0 Å². The van der Waals surface area contributed by atoms with Crippen molar-refractivity contribution >= 4 is 21.4 Å². The number of nitrogens with zero attached hydrogens (tertiary/aromatic N) is 1. The second-order valence-electron chi connectivity index (χ2n) is 5.80. The molecule has 2 aromatic rings. The fraction of sp³-hybridized carbons (Fsp3) is 0.267. The number of nitrogens with two attached hydrogens (primary N) is 1. The largest absolute Gasteiger partial charge is 0.396 e. The molecular formula is C15H19N3O2S. The summed E-state index contributed by atoms with van der Waals surface area (Å²) in [7, 11) is -3.81. The highest BCUT2D eigenvalue weighted by atomic mass is 32.2. The molecule has 0 unspecified atom stereocenters. The number of sulfonamides is 1. The van der Waals surface area contributed by atoms with Crippen LogP contribution < -0.4 is 10.5 Å². The quantitative estimate of drug-likeness (QED) is 0.913. The maximum Gasteiger partial charge on any atom is 0.281 e. The predicted molar refractivity (Wildman–Crippen MR) is 84.6 cm³/mol. The van der Waals surface area contributed by atoms with Crippen molar-refractivity contribution in [2.45, 2.75) is 31.2 Å². The molecule has 21 heavy (non-hydrogen) atoms. The average Bonchev–Trinajstić information content (AvgIpc) is 2.38. The molecule has 2 rings (SSSR count). The van der Waals surface area contributed by atoms with E-state index in [1.807, 2.05) is 32.9 Å². The van der Waals surface area contributed by atoms with Gasteiger partial charge in [-0.3, -0.25) is 4.72 Å². The SMILES string of the molecule is CC(C)(C)c1ccccc1NS(=O)(=O)c1ncccc1N. The van der Waals surface area contributed by atoms with Gasteiger partial charge in [0, 0.05) is 6.20 Å². The second-order valence-corrected chi connectivity index (χ2v) is 7.40. The first-order valence-electron chi connectivity index (χ1n) is 6.54. The molecule has 0 fully saturated rings. The molecule has 5 nitrogen and oxygen atoms in total. The van der Waals surface area contributed by atoms with Gasteiger partial charge in [0.1, 0.15) is 0 Å². The molecule has 0 atom stereocenters. The van der Waals surface area contributed by atoms with E-state index >= 15 is 0 Å². The Kier molecular flexibility index (Phi) is 3.91. The zero-order valence-electron chi connectivity index (χ0n) is 12.3. The van der Waals surface area contributed by atoms with Gasteiger partial charge in [-0.2, -0.15) is 8.42 Å². The summed E-state index contributed by atoms with van der Waals surface area (Å²) >= 11 is 0. The van der Waals surface area contributed by atoms with E-state index in [1.54, 1.807) is 18.2 Å². The highest BCUT2D eigenvalue weighted by Crippen LogP contribution is 2.31. The third-order valence-electron chi connectivity index (χ3n) is 3.03. The van der Waals surface area contributed by atoms with Crippen LogP contribution >= 0.6 is 0 Å². The summed E-state index contributed by atoms with van der Waals surface area (Å²) in [6.45, 7) is 6.07. The number of anilines is 2. The first-order valence-corrected chi connectivity index (χ1v) is 8.03. The number of hydrogen-bond donors (Lipinski definition) is 2. The molecule has 3 N–H and O–H groups in total. The molecular weight excluding hydrogens is 286 g/mol. The number of rotatable bonds is 3. The Morgan fingerprint density at radius 1 is 1.10 bits per heavy atom. The van der Waals surface area contributed by atoms with E-state index in [0.29, 0.717) is 5.69 Å². The van der Waals surface area contributed by atoms with Gasteiger partial charge in [0.2, 0.25) is 0 Å². The Hall–Kier alpha value is -2.08. The Bertz CT molecular complexity index is 750. The molecule has 0 bridgehead atoms. The first-order chi connectivity index (χ1) is 9.72. The van der Waals surface area contributed by atoms with Crippen LogP contribution in [0.4, 0.5) is 11.4 Å². The van der Waals surface area contributed by atoms with Crippen molar-refractivity contribution in [2.24, 2.45) is 0 Å². The molecule has 1 heterocycles. The number of nitrogen functional groups attached to an aromatic ring is 1. The lowest BCUT2D eigenvalue weighted by molar-refractivity contribution is 0.589. The van der Waals surface area contributed by atoms with E-state index in [2.05, 4.69) is 9.71 Å². The van der Waals surface area contributed by atoms with Gasteiger partial charge >= 0.3 is 0 Å². The van der Waals surface area contributed by atoms with Gasteiger partial charge in [0.25, 0.3) is 10.0 Å². The van der Waals surface area contributed by atoms with Crippen molar-refractivity contribution < 1.29 is 8.42 Å². The third kappa shape index (κ3) is 3.33. The van der Waals surface area contributed by atoms with Crippen molar-refractivity contribution in [3.05, 3.63) is 48.2 Å². The molecule has 0 aliphatic rings. The van der Waals surface area contributed by atoms with Crippen molar-refractivity contribution in [3.8, 4) is 0 Å². The van der Waals surface area contributed by atoms with Crippen LogP contribution in [0.3, 0.4) is 0 Å². The Balaban J connectivity index is 2.46. The number of para-hydroxylation sites is 1. The summed E-state index contributed by atoms with van der Waals surface area (Å²) in [6.07, 6.45) is 1.40. The van der Waals surface area contributed by atoms with E-state index in [1.165, 1.54) is 12.3 Å². The number of pyridine rings is 1. The monoisotopic (exact) mass is 305 g/mol. The van der Waals surface area contributed by atoms with E-state index in [9.17, 15) is 8.42 Å². The highest BCUT2D eigenvalue weighted by molar-refractivity contribution is 7.92. The highest BCUT2D eigenvalue weighted by Gasteiger charge is 2.23. The summed E-state index contributed by atoms with van der Waals surface area (Å²) in [5.74, 6) is 0. The van der Waals surface area contributed by atoms with E-state index in [-0.39, 0.29) is 16.1 Å². The molecule has 0 aliphatic heterocycles. The summed E-state index contributed by atoms with van der Waals surface area (Å²) in [6, 6.07) is 10.4. The second kappa shape index (κ2) is 5.37. The van der Waals surface area contributed by atoms with Crippen LogP contribution in [0.25, 0.3) is 0 Å². The maximum absolute atomic E-state index is 12.4. The van der Waals surface area contributed by atoms with Gasteiger partial charge in [0.15, 0.2) is 5.03 Å². The Morgan fingerprint density at radius 3 is 2.38 bits per heavy atom. The van der Waals surface area contributed by atoms with E-state index < -0.39 is 10.0 Å². The van der Waals surface area contributed by atoms with E-state index in [0.717, 1.165) is 5.56 Å². The number of hydrogen-bond acceptors (Lipinski definition) is 4. The molecule has 0 aliphatic carbocycles. The van der Waals surface area contributed by atoms with Crippen LogP contribution in [-0.2, 0) is 15.4 Å². The minimum absolute atomic E-state index is 0.123. The lowest BCUT2D eigenvalue weighted by Gasteiger charge is -2.23.